The number of rotatable bonds is 4. The lowest BCUT2D eigenvalue weighted by Gasteiger charge is -2.10. The summed E-state index contributed by atoms with van der Waals surface area (Å²) >= 11 is 0. The van der Waals surface area contributed by atoms with Gasteiger partial charge in [0.05, 0.1) is 5.52 Å². The Morgan fingerprint density at radius 3 is 2.59 bits per heavy atom. The highest BCUT2D eigenvalue weighted by Gasteiger charge is 2.15. The second-order valence-electron chi connectivity index (χ2n) is 6.23. The molecule has 0 aliphatic carbocycles. The van der Waals surface area contributed by atoms with E-state index in [9.17, 15) is 0 Å². The first-order valence-corrected chi connectivity index (χ1v) is 8.72. The van der Waals surface area contributed by atoms with Gasteiger partial charge in [-0.15, -0.1) is 5.10 Å². The number of aromatic nitrogens is 5. The average Bonchev–Trinajstić information content (AvgIpc) is 3.17. The van der Waals surface area contributed by atoms with Gasteiger partial charge in [0.1, 0.15) is 11.5 Å². The molecule has 5 aromatic rings. The van der Waals surface area contributed by atoms with Crippen LogP contribution >= 0.6 is 0 Å². The van der Waals surface area contributed by atoms with Gasteiger partial charge in [-0.1, -0.05) is 53.7 Å². The van der Waals surface area contributed by atoms with Crippen LogP contribution in [0.1, 0.15) is 5.56 Å². The van der Waals surface area contributed by atoms with Crippen LogP contribution < -0.4 is 5.32 Å². The molecule has 3 heterocycles. The van der Waals surface area contributed by atoms with Gasteiger partial charge in [0.15, 0.2) is 5.65 Å². The number of hydrogen-bond donors (Lipinski definition) is 1. The van der Waals surface area contributed by atoms with Gasteiger partial charge in [0.2, 0.25) is 0 Å². The van der Waals surface area contributed by atoms with Crippen molar-refractivity contribution in [3.05, 3.63) is 84.7 Å². The Balaban J connectivity index is 1.66. The molecule has 0 atom stereocenters. The van der Waals surface area contributed by atoms with Crippen molar-refractivity contribution in [2.45, 2.75) is 6.54 Å². The summed E-state index contributed by atoms with van der Waals surface area (Å²) < 4.78 is 1.80. The Morgan fingerprint density at radius 1 is 0.889 bits per heavy atom. The Kier molecular flexibility index (Phi) is 3.72. The number of nitrogens with zero attached hydrogens (tertiary/aromatic N) is 5. The summed E-state index contributed by atoms with van der Waals surface area (Å²) in [6.07, 6.45) is 3.62. The van der Waals surface area contributed by atoms with Gasteiger partial charge in [0, 0.05) is 29.9 Å². The summed E-state index contributed by atoms with van der Waals surface area (Å²) in [5, 5.41) is 13.2. The lowest BCUT2D eigenvalue weighted by molar-refractivity contribution is 0.876. The highest BCUT2D eigenvalue weighted by molar-refractivity contribution is 5.93. The predicted molar refractivity (Wildman–Crippen MR) is 105 cm³/mol. The topological polar surface area (TPSA) is 68.0 Å². The van der Waals surface area contributed by atoms with Crippen molar-refractivity contribution >= 4 is 22.4 Å². The second kappa shape index (κ2) is 6.49. The van der Waals surface area contributed by atoms with Gasteiger partial charge in [-0.2, -0.15) is 4.52 Å². The molecule has 0 aliphatic heterocycles. The Labute approximate surface area is 155 Å². The molecule has 1 N–H and O–H groups in total. The van der Waals surface area contributed by atoms with Crippen LogP contribution in [-0.2, 0) is 6.54 Å². The number of benzene rings is 2. The maximum absolute atomic E-state index is 4.86. The summed E-state index contributed by atoms with van der Waals surface area (Å²) in [7, 11) is 0. The molecule has 0 saturated heterocycles. The van der Waals surface area contributed by atoms with E-state index in [4.69, 9.17) is 4.98 Å². The van der Waals surface area contributed by atoms with Gasteiger partial charge < -0.3 is 5.32 Å². The van der Waals surface area contributed by atoms with Crippen LogP contribution in [0.15, 0.2) is 79.1 Å². The zero-order valence-corrected chi connectivity index (χ0v) is 14.4. The molecule has 130 valence electrons. The van der Waals surface area contributed by atoms with E-state index in [1.54, 1.807) is 10.7 Å². The number of nitrogens with one attached hydrogen (secondary N) is 1. The lowest BCUT2D eigenvalue weighted by atomic mass is 10.1. The second-order valence-corrected chi connectivity index (χ2v) is 6.23. The minimum Gasteiger partial charge on any atom is -0.365 e. The van der Waals surface area contributed by atoms with Crippen LogP contribution in [0.2, 0.25) is 0 Å². The van der Waals surface area contributed by atoms with Gasteiger partial charge in [-0.3, -0.25) is 4.98 Å². The Hall–Kier alpha value is -3.80. The number of anilines is 1. The molecule has 27 heavy (non-hydrogen) atoms. The van der Waals surface area contributed by atoms with Crippen LogP contribution in [0.5, 0.6) is 0 Å². The molecule has 0 amide bonds. The fraction of sp³-hybridized carbons (Fsp3) is 0.0476. The molecule has 5 rings (SSSR count). The van der Waals surface area contributed by atoms with Gasteiger partial charge >= 0.3 is 0 Å². The predicted octanol–water partition coefficient (Wildman–Crippen LogP) is 3.95. The summed E-state index contributed by atoms with van der Waals surface area (Å²) in [5.74, 6) is 0.807. The molecule has 6 nitrogen and oxygen atoms in total. The van der Waals surface area contributed by atoms with Crippen LogP contribution in [-0.4, -0.2) is 24.8 Å². The van der Waals surface area contributed by atoms with Crippen molar-refractivity contribution in [2.75, 3.05) is 5.32 Å². The highest BCUT2D eigenvalue weighted by atomic mass is 15.4. The number of pyridine rings is 1. The summed E-state index contributed by atoms with van der Waals surface area (Å²) in [6.45, 7) is 0.642. The fourth-order valence-corrected chi connectivity index (χ4v) is 3.17. The molecular weight excluding hydrogens is 336 g/mol. The quantitative estimate of drug-likeness (QED) is 0.530. The number of hydrogen-bond acceptors (Lipinski definition) is 5. The minimum absolute atomic E-state index is 0.642. The zero-order valence-electron chi connectivity index (χ0n) is 14.4. The summed E-state index contributed by atoms with van der Waals surface area (Å²) in [5.41, 5.74) is 4.55. The first-order chi connectivity index (χ1) is 13.4. The van der Waals surface area contributed by atoms with Crippen molar-refractivity contribution in [1.29, 1.82) is 0 Å². The fourth-order valence-electron chi connectivity index (χ4n) is 3.17. The molecule has 3 aromatic heterocycles. The Morgan fingerprint density at radius 2 is 1.74 bits per heavy atom. The van der Waals surface area contributed by atoms with Crippen molar-refractivity contribution < 1.29 is 0 Å². The highest BCUT2D eigenvalue weighted by Crippen LogP contribution is 2.28. The third-order valence-electron chi connectivity index (χ3n) is 4.48. The third-order valence-corrected chi connectivity index (χ3v) is 4.48. The molecule has 0 spiro atoms. The van der Waals surface area contributed by atoms with E-state index in [-0.39, 0.29) is 0 Å². The van der Waals surface area contributed by atoms with Crippen LogP contribution in [0.4, 0.5) is 5.82 Å². The number of fused-ring (bicyclic) bond motifs is 3. The molecule has 0 fully saturated rings. The standard InChI is InChI=1S/C21H16N6/c1-2-8-16(9-3-1)19-21-24-20(23-14-15-7-6-12-22-13-15)17-10-4-5-11-18(17)27(21)26-25-19/h1-13H,14H2,(H,23,24). The van der Waals surface area contributed by atoms with E-state index in [0.717, 1.165) is 39.2 Å². The molecule has 0 aliphatic rings. The van der Waals surface area contributed by atoms with E-state index in [0.29, 0.717) is 6.54 Å². The monoisotopic (exact) mass is 352 g/mol. The lowest BCUT2D eigenvalue weighted by Crippen LogP contribution is -2.05. The number of para-hydroxylation sites is 1. The van der Waals surface area contributed by atoms with Gasteiger partial charge in [-0.25, -0.2) is 4.98 Å². The molecule has 0 radical (unpaired) electrons. The molecule has 0 saturated carbocycles. The van der Waals surface area contributed by atoms with Crippen molar-refractivity contribution in [1.82, 2.24) is 24.8 Å². The van der Waals surface area contributed by atoms with Gasteiger partial charge in [0.25, 0.3) is 0 Å². The van der Waals surface area contributed by atoms with Gasteiger partial charge in [-0.05, 0) is 23.8 Å². The van der Waals surface area contributed by atoms with E-state index >= 15 is 0 Å². The van der Waals surface area contributed by atoms with Crippen LogP contribution in [0.25, 0.3) is 27.8 Å². The maximum Gasteiger partial charge on any atom is 0.186 e. The zero-order chi connectivity index (χ0) is 18.1. The largest absolute Gasteiger partial charge is 0.365 e. The SMILES string of the molecule is c1ccc(-c2nnn3c2nc(NCc2cccnc2)c2ccccc23)cc1. The molecule has 2 aromatic carbocycles. The van der Waals surface area contributed by atoms with Crippen molar-refractivity contribution in [3.8, 4) is 11.3 Å². The minimum atomic E-state index is 0.642. The normalized spacial score (nSPS) is 11.1. The van der Waals surface area contributed by atoms with E-state index < -0.39 is 0 Å². The van der Waals surface area contributed by atoms with Crippen molar-refractivity contribution in [3.63, 3.8) is 0 Å². The first kappa shape index (κ1) is 15.5. The average molecular weight is 352 g/mol. The van der Waals surface area contributed by atoms with E-state index in [1.165, 1.54) is 0 Å². The smallest absolute Gasteiger partial charge is 0.186 e. The molecule has 0 bridgehead atoms. The van der Waals surface area contributed by atoms with Crippen molar-refractivity contribution in [2.24, 2.45) is 0 Å². The molecule has 6 heteroatoms. The Bertz CT molecular complexity index is 1220. The summed E-state index contributed by atoms with van der Waals surface area (Å²) in [4.78, 5) is 9.03. The van der Waals surface area contributed by atoms with Crippen LogP contribution in [0.3, 0.4) is 0 Å². The maximum atomic E-state index is 4.86. The molecular formula is C21H16N6. The summed E-state index contributed by atoms with van der Waals surface area (Å²) in [6, 6.07) is 22.0. The third kappa shape index (κ3) is 2.77. The molecule has 0 unspecified atom stereocenters. The van der Waals surface area contributed by atoms with E-state index in [2.05, 4.69) is 20.6 Å². The van der Waals surface area contributed by atoms with Crippen LogP contribution in [0, 0.1) is 0 Å². The first-order valence-electron chi connectivity index (χ1n) is 8.72. The van der Waals surface area contributed by atoms with E-state index in [1.807, 2.05) is 72.9 Å².